The minimum atomic E-state index is -0.247. The molecule has 114 valence electrons. The molecule has 0 spiro atoms. The molecule has 6 heteroatoms. The molecule has 1 aromatic carbocycles. The zero-order chi connectivity index (χ0) is 14.8. The third-order valence-corrected chi connectivity index (χ3v) is 4.23. The molecule has 1 fully saturated rings. The van der Waals surface area contributed by atoms with Crippen LogP contribution in [-0.4, -0.2) is 64.2 Å². The molecule has 1 aromatic heterocycles. The van der Waals surface area contributed by atoms with Crippen LogP contribution in [0.5, 0.6) is 0 Å². The average Bonchev–Trinajstić information content (AvgIpc) is 2.90. The molecule has 1 aliphatic rings. The Morgan fingerprint density at radius 3 is 2.81 bits per heavy atom. The fourth-order valence-corrected chi connectivity index (χ4v) is 2.89. The quantitative estimate of drug-likeness (QED) is 0.894. The van der Waals surface area contributed by atoms with Crippen molar-refractivity contribution in [1.82, 2.24) is 19.8 Å². The van der Waals surface area contributed by atoms with Crippen molar-refractivity contribution >= 4 is 11.0 Å². The fraction of sp³-hybridized carbons (Fsp3) is 0.533. The van der Waals surface area contributed by atoms with E-state index < -0.39 is 0 Å². The van der Waals surface area contributed by atoms with Crippen molar-refractivity contribution in [1.29, 1.82) is 0 Å². The van der Waals surface area contributed by atoms with Gasteiger partial charge in [-0.15, -0.1) is 0 Å². The highest BCUT2D eigenvalue weighted by molar-refractivity contribution is 5.75. The van der Waals surface area contributed by atoms with Gasteiger partial charge in [0.15, 0.2) is 0 Å². The number of H-pyrrole nitrogens is 1. The van der Waals surface area contributed by atoms with Crippen molar-refractivity contribution in [2.75, 3.05) is 39.3 Å². The Morgan fingerprint density at radius 2 is 2.10 bits per heavy atom. The lowest BCUT2D eigenvalue weighted by Gasteiger charge is -2.37. The lowest BCUT2D eigenvalue weighted by Crippen LogP contribution is -2.47. The van der Waals surface area contributed by atoms with Gasteiger partial charge in [0.1, 0.15) is 11.6 Å². The Hall–Kier alpha value is -1.50. The van der Waals surface area contributed by atoms with Gasteiger partial charge in [-0.25, -0.2) is 9.37 Å². The summed E-state index contributed by atoms with van der Waals surface area (Å²) >= 11 is 0. The number of piperazine rings is 1. The lowest BCUT2D eigenvalue weighted by molar-refractivity contribution is 0.0865. The largest absolute Gasteiger partial charge is 0.395 e. The summed E-state index contributed by atoms with van der Waals surface area (Å²) in [6.45, 7) is 6.89. The lowest BCUT2D eigenvalue weighted by atomic mass is 10.2. The van der Waals surface area contributed by atoms with Gasteiger partial charge >= 0.3 is 0 Å². The van der Waals surface area contributed by atoms with Crippen LogP contribution >= 0.6 is 0 Å². The fourth-order valence-electron chi connectivity index (χ4n) is 2.89. The molecule has 5 nitrogen and oxygen atoms in total. The Morgan fingerprint density at radius 1 is 1.33 bits per heavy atom. The second-order valence-corrected chi connectivity index (χ2v) is 5.56. The van der Waals surface area contributed by atoms with Crippen molar-refractivity contribution < 1.29 is 9.50 Å². The summed E-state index contributed by atoms with van der Waals surface area (Å²) in [4.78, 5) is 12.4. The van der Waals surface area contributed by atoms with Gasteiger partial charge in [-0.3, -0.25) is 9.80 Å². The number of aliphatic hydroxyl groups excluding tert-OH is 1. The van der Waals surface area contributed by atoms with Gasteiger partial charge in [0.05, 0.1) is 23.7 Å². The van der Waals surface area contributed by atoms with Crippen LogP contribution in [0.3, 0.4) is 0 Å². The molecular weight excluding hydrogens is 271 g/mol. The van der Waals surface area contributed by atoms with Crippen molar-refractivity contribution in [3.63, 3.8) is 0 Å². The molecule has 0 bridgehead atoms. The molecule has 1 aliphatic heterocycles. The van der Waals surface area contributed by atoms with E-state index in [0.717, 1.165) is 49.6 Å². The van der Waals surface area contributed by atoms with E-state index in [9.17, 15) is 4.39 Å². The van der Waals surface area contributed by atoms with Crippen LogP contribution in [0.1, 0.15) is 18.8 Å². The number of β-amino-alcohol motifs (C(OH)–C–C–N with tert-alkyl or cyclic N) is 1. The summed E-state index contributed by atoms with van der Waals surface area (Å²) in [7, 11) is 0. The topological polar surface area (TPSA) is 55.4 Å². The summed E-state index contributed by atoms with van der Waals surface area (Å²) in [5, 5.41) is 8.97. The molecule has 2 heterocycles. The SMILES string of the molecule is CC(c1nc2ccc(F)cc2[nH]1)N1CCN(CCO)CC1. The van der Waals surface area contributed by atoms with Crippen LogP contribution in [0.2, 0.25) is 0 Å². The smallest absolute Gasteiger partial charge is 0.125 e. The second kappa shape index (κ2) is 6.09. The highest BCUT2D eigenvalue weighted by Gasteiger charge is 2.23. The maximum absolute atomic E-state index is 13.2. The number of imidazole rings is 1. The number of aromatic nitrogens is 2. The third kappa shape index (κ3) is 3.07. The summed E-state index contributed by atoms with van der Waals surface area (Å²) in [5.41, 5.74) is 1.55. The van der Waals surface area contributed by atoms with Gasteiger partial charge in [-0.2, -0.15) is 0 Å². The highest BCUT2D eigenvalue weighted by Crippen LogP contribution is 2.22. The number of nitrogens with zero attached hydrogens (tertiary/aromatic N) is 3. The normalized spacial score (nSPS) is 19.2. The van der Waals surface area contributed by atoms with E-state index in [1.165, 1.54) is 12.1 Å². The van der Waals surface area contributed by atoms with E-state index in [4.69, 9.17) is 5.11 Å². The standard InChI is InChI=1S/C15H21FN4O/c1-11(20-6-4-19(5-7-20)8-9-21)15-17-13-3-2-12(16)10-14(13)18-15/h2-3,10-11,21H,4-9H2,1H3,(H,17,18). The molecule has 1 saturated heterocycles. The highest BCUT2D eigenvalue weighted by atomic mass is 19.1. The van der Waals surface area contributed by atoms with Crippen molar-refractivity contribution in [3.8, 4) is 0 Å². The molecule has 3 rings (SSSR count). The van der Waals surface area contributed by atoms with Crippen LogP contribution in [0.25, 0.3) is 11.0 Å². The number of benzene rings is 1. The van der Waals surface area contributed by atoms with Gasteiger partial charge in [0, 0.05) is 32.7 Å². The van der Waals surface area contributed by atoms with Gasteiger partial charge in [0.25, 0.3) is 0 Å². The Labute approximate surface area is 123 Å². The van der Waals surface area contributed by atoms with E-state index in [1.807, 2.05) is 0 Å². The Bertz CT molecular complexity index is 607. The first-order valence-electron chi connectivity index (χ1n) is 7.40. The number of halogens is 1. The zero-order valence-electron chi connectivity index (χ0n) is 12.2. The summed E-state index contributed by atoms with van der Waals surface area (Å²) < 4.78 is 13.2. The number of fused-ring (bicyclic) bond motifs is 1. The zero-order valence-corrected chi connectivity index (χ0v) is 12.2. The van der Waals surface area contributed by atoms with E-state index in [2.05, 4.69) is 26.7 Å². The first-order chi connectivity index (χ1) is 10.2. The predicted molar refractivity (Wildman–Crippen MR) is 79.6 cm³/mol. The van der Waals surface area contributed by atoms with Gasteiger partial charge < -0.3 is 10.1 Å². The molecule has 0 saturated carbocycles. The van der Waals surface area contributed by atoms with Crippen molar-refractivity contribution in [2.45, 2.75) is 13.0 Å². The Kier molecular flexibility index (Phi) is 4.19. The predicted octanol–water partition coefficient (Wildman–Crippen LogP) is 1.37. The van der Waals surface area contributed by atoms with Crippen LogP contribution < -0.4 is 0 Å². The maximum Gasteiger partial charge on any atom is 0.125 e. The molecule has 2 aromatic rings. The van der Waals surface area contributed by atoms with Crippen molar-refractivity contribution in [2.24, 2.45) is 0 Å². The van der Waals surface area contributed by atoms with Crippen LogP contribution in [0, 0.1) is 5.82 Å². The first kappa shape index (κ1) is 14.4. The number of aliphatic hydroxyl groups is 1. The summed E-state index contributed by atoms with van der Waals surface area (Å²) in [6.07, 6.45) is 0. The average molecular weight is 292 g/mol. The molecular formula is C15H21FN4O. The summed E-state index contributed by atoms with van der Waals surface area (Å²) in [6, 6.07) is 4.80. The number of rotatable bonds is 4. The number of aromatic amines is 1. The molecule has 0 aliphatic carbocycles. The minimum Gasteiger partial charge on any atom is -0.395 e. The van der Waals surface area contributed by atoms with Gasteiger partial charge in [-0.05, 0) is 25.1 Å². The second-order valence-electron chi connectivity index (χ2n) is 5.56. The molecule has 0 amide bonds. The number of hydrogen-bond donors (Lipinski definition) is 2. The molecule has 1 atom stereocenters. The van der Waals surface area contributed by atoms with E-state index in [0.29, 0.717) is 0 Å². The minimum absolute atomic E-state index is 0.178. The van der Waals surface area contributed by atoms with E-state index >= 15 is 0 Å². The van der Waals surface area contributed by atoms with Crippen LogP contribution in [-0.2, 0) is 0 Å². The van der Waals surface area contributed by atoms with Gasteiger partial charge in [-0.1, -0.05) is 0 Å². The molecule has 2 N–H and O–H groups in total. The number of hydrogen-bond acceptors (Lipinski definition) is 4. The van der Waals surface area contributed by atoms with Crippen molar-refractivity contribution in [3.05, 3.63) is 29.8 Å². The maximum atomic E-state index is 13.2. The monoisotopic (exact) mass is 292 g/mol. The first-order valence-corrected chi connectivity index (χ1v) is 7.40. The third-order valence-electron chi connectivity index (χ3n) is 4.23. The number of nitrogens with one attached hydrogen (secondary N) is 1. The van der Waals surface area contributed by atoms with E-state index in [-0.39, 0.29) is 18.5 Å². The molecule has 1 unspecified atom stereocenters. The summed E-state index contributed by atoms with van der Waals surface area (Å²) in [5.74, 6) is 0.633. The van der Waals surface area contributed by atoms with Crippen LogP contribution in [0.15, 0.2) is 18.2 Å². The van der Waals surface area contributed by atoms with Gasteiger partial charge in [0.2, 0.25) is 0 Å². The van der Waals surface area contributed by atoms with E-state index in [1.54, 1.807) is 6.07 Å². The molecule has 21 heavy (non-hydrogen) atoms. The van der Waals surface area contributed by atoms with Crippen LogP contribution in [0.4, 0.5) is 4.39 Å². The molecule has 0 radical (unpaired) electrons. The Balaban J connectivity index is 1.70.